The third-order valence-corrected chi connectivity index (χ3v) is 2.65. The Hall–Kier alpha value is -1.01. The first kappa shape index (κ1) is 8.58. The second-order valence-corrected chi connectivity index (χ2v) is 4.07. The Bertz CT molecular complexity index is 378. The molecular weight excluding hydrogens is 214 g/mol. The molecule has 5 nitrogen and oxygen atoms in total. The molecule has 1 aromatic heterocycles. The van der Waals surface area contributed by atoms with Crippen molar-refractivity contribution in [3.8, 4) is 0 Å². The van der Waals surface area contributed by atoms with Gasteiger partial charge in [-0.3, -0.25) is 14.5 Å². The molecule has 0 atom stereocenters. The van der Waals surface area contributed by atoms with Gasteiger partial charge in [-0.1, -0.05) is 11.3 Å². The molecule has 0 N–H and O–H groups in total. The van der Waals surface area contributed by atoms with Crippen LogP contribution < -0.4 is 4.90 Å². The summed E-state index contributed by atoms with van der Waals surface area (Å²) < 4.78 is 0.266. The highest BCUT2D eigenvalue weighted by Gasteiger charge is 2.30. The predicted molar refractivity (Wildman–Crippen MR) is 46.9 cm³/mol. The largest absolute Gasteiger partial charge is 0.297 e. The van der Waals surface area contributed by atoms with Crippen LogP contribution in [0.15, 0.2) is 0 Å². The van der Waals surface area contributed by atoms with Gasteiger partial charge in [-0.05, 0) is 11.6 Å². The summed E-state index contributed by atoms with van der Waals surface area (Å²) in [6.45, 7) is 0.0877. The van der Waals surface area contributed by atoms with E-state index in [9.17, 15) is 9.59 Å². The van der Waals surface area contributed by atoms with E-state index < -0.39 is 0 Å². The minimum absolute atomic E-state index is 0.0444. The minimum Gasteiger partial charge on any atom is -0.297 e. The van der Waals surface area contributed by atoms with Gasteiger partial charge in [-0.2, -0.15) is 0 Å². The Balaban J connectivity index is 2.27. The van der Waals surface area contributed by atoms with Gasteiger partial charge in [0.15, 0.2) is 5.78 Å². The maximum absolute atomic E-state index is 11.2. The molecule has 2 heterocycles. The average molecular weight is 218 g/mol. The average Bonchev–Trinajstić information content (AvgIpc) is 2.58. The summed E-state index contributed by atoms with van der Waals surface area (Å²) in [5.74, 6) is -0.339. The van der Waals surface area contributed by atoms with Crippen molar-refractivity contribution in [2.24, 2.45) is 0 Å². The number of aromatic nitrogens is 2. The molecule has 0 radical (unpaired) electrons. The molecule has 2 rings (SSSR count). The fraction of sp³-hybridized carbons (Fsp3) is 0.333. The van der Waals surface area contributed by atoms with E-state index in [-0.39, 0.29) is 29.1 Å². The highest BCUT2D eigenvalue weighted by molar-refractivity contribution is 7.19. The number of anilines is 1. The molecule has 1 aromatic rings. The number of carbonyl (C=O) groups excluding carboxylic acids is 2. The molecule has 1 aliphatic heterocycles. The molecular formula is C6H4ClN3O2S. The number of carbonyl (C=O) groups is 2. The number of halogens is 1. The lowest BCUT2D eigenvalue weighted by molar-refractivity contribution is -0.121. The summed E-state index contributed by atoms with van der Waals surface area (Å²) in [4.78, 5) is 23.4. The molecule has 0 unspecified atom stereocenters. The van der Waals surface area contributed by atoms with Gasteiger partial charge in [0.25, 0.3) is 0 Å². The first-order valence-corrected chi connectivity index (χ1v) is 4.67. The van der Waals surface area contributed by atoms with Crippen molar-refractivity contribution in [2.45, 2.75) is 6.42 Å². The van der Waals surface area contributed by atoms with Crippen molar-refractivity contribution in [3.63, 3.8) is 0 Å². The predicted octanol–water partition coefficient (Wildman–Crippen LogP) is 0.497. The van der Waals surface area contributed by atoms with Crippen LogP contribution >= 0.6 is 22.9 Å². The molecule has 0 aliphatic carbocycles. The summed E-state index contributed by atoms with van der Waals surface area (Å²) in [5, 5.41) is 7.61. The van der Waals surface area contributed by atoms with Crippen LogP contribution in [0.3, 0.4) is 0 Å². The minimum atomic E-state index is -0.238. The van der Waals surface area contributed by atoms with E-state index in [1.807, 2.05) is 0 Å². The Kier molecular flexibility index (Phi) is 2.01. The van der Waals surface area contributed by atoms with Gasteiger partial charge in [0.2, 0.25) is 15.5 Å². The maximum atomic E-state index is 11.2. The summed E-state index contributed by atoms with van der Waals surface area (Å²) in [6, 6.07) is 0. The van der Waals surface area contributed by atoms with Gasteiger partial charge in [-0.25, -0.2) is 0 Å². The standard InChI is InChI=1S/C6H4ClN3O2S/c7-5-8-9-6(13-5)10-2-3(11)1-4(10)12/h1-2H2. The van der Waals surface area contributed by atoms with Gasteiger partial charge < -0.3 is 0 Å². The first-order chi connectivity index (χ1) is 6.16. The SMILES string of the molecule is O=C1CC(=O)N(c2nnc(Cl)s2)C1. The molecule has 0 aromatic carbocycles. The molecule has 0 saturated carbocycles. The Labute approximate surface area is 82.3 Å². The van der Waals surface area contributed by atoms with E-state index in [1.165, 1.54) is 4.90 Å². The molecule has 68 valence electrons. The normalized spacial score (nSPS) is 17.2. The van der Waals surface area contributed by atoms with Crippen molar-refractivity contribution in [3.05, 3.63) is 4.47 Å². The van der Waals surface area contributed by atoms with Crippen LogP contribution in [0.2, 0.25) is 4.47 Å². The van der Waals surface area contributed by atoms with Gasteiger partial charge in [0, 0.05) is 0 Å². The summed E-state index contributed by atoms with van der Waals surface area (Å²) in [5.41, 5.74) is 0. The number of amides is 1. The molecule has 13 heavy (non-hydrogen) atoms. The van der Waals surface area contributed by atoms with Crippen molar-refractivity contribution < 1.29 is 9.59 Å². The zero-order valence-electron chi connectivity index (χ0n) is 6.36. The first-order valence-electron chi connectivity index (χ1n) is 3.48. The Morgan fingerprint density at radius 1 is 1.38 bits per heavy atom. The van der Waals surface area contributed by atoms with Crippen LogP contribution in [0.25, 0.3) is 0 Å². The van der Waals surface area contributed by atoms with E-state index >= 15 is 0 Å². The highest BCUT2D eigenvalue weighted by Crippen LogP contribution is 2.26. The molecule has 1 aliphatic rings. The quantitative estimate of drug-likeness (QED) is 0.643. The third kappa shape index (κ3) is 1.54. The van der Waals surface area contributed by atoms with Crippen LogP contribution in [0.5, 0.6) is 0 Å². The van der Waals surface area contributed by atoms with Crippen LogP contribution in [0, 0.1) is 0 Å². The summed E-state index contributed by atoms with van der Waals surface area (Å²) in [7, 11) is 0. The highest BCUT2D eigenvalue weighted by atomic mass is 35.5. The molecule has 1 fully saturated rings. The van der Waals surface area contributed by atoms with Gasteiger partial charge >= 0.3 is 0 Å². The number of ketones is 1. The van der Waals surface area contributed by atoms with E-state index in [0.717, 1.165) is 11.3 Å². The summed E-state index contributed by atoms with van der Waals surface area (Å²) in [6.07, 6.45) is -0.0444. The Morgan fingerprint density at radius 3 is 2.62 bits per heavy atom. The lowest BCUT2D eigenvalue weighted by Gasteiger charge is -2.07. The number of nitrogens with zero attached hydrogens (tertiary/aromatic N) is 3. The van der Waals surface area contributed by atoms with Crippen LogP contribution in [-0.4, -0.2) is 28.4 Å². The monoisotopic (exact) mass is 217 g/mol. The molecule has 0 bridgehead atoms. The Morgan fingerprint density at radius 2 is 2.15 bits per heavy atom. The zero-order chi connectivity index (χ0) is 9.42. The van der Waals surface area contributed by atoms with Gasteiger partial charge in [-0.15, -0.1) is 10.2 Å². The maximum Gasteiger partial charge on any atom is 0.236 e. The topological polar surface area (TPSA) is 63.2 Å². The number of hydrogen-bond donors (Lipinski definition) is 0. The second kappa shape index (κ2) is 3.04. The zero-order valence-corrected chi connectivity index (χ0v) is 7.93. The fourth-order valence-electron chi connectivity index (χ4n) is 1.07. The number of Topliss-reactive ketones (excluding diaryl/α,β-unsaturated/α-hetero) is 1. The van der Waals surface area contributed by atoms with E-state index in [0.29, 0.717) is 5.13 Å². The second-order valence-electron chi connectivity index (χ2n) is 2.53. The number of hydrogen-bond acceptors (Lipinski definition) is 5. The fourth-order valence-corrected chi connectivity index (χ4v) is 1.90. The van der Waals surface area contributed by atoms with E-state index in [1.54, 1.807) is 0 Å². The lowest BCUT2D eigenvalue weighted by atomic mass is 10.3. The van der Waals surface area contributed by atoms with Gasteiger partial charge in [0.1, 0.15) is 0 Å². The van der Waals surface area contributed by atoms with E-state index in [2.05, 4.69) is 10.2 Å². The lowest BCUT2D eigenvalue weighted by Crippen LogP contribution is -2.24. The molecule has 7 heteroatoms. The summed E-state index contributed by atoms with van der Waals surface area (Å²) >= 11 is 6.63. The van der Waals surface area contributed by atoms with Crippen molar-refractivity contribution in [1.82, 2.24) is 10.2 Å². The third-order valence-electron chi connectivity index (χ3n) is 1.60. The smallest absolute Gasteiger partial charge is 0.236 e. The molecule has 0 spiro atoms. The molecule has 1 saturated heterocycles. The van der Waals surface area contributed by atoms with E-state index in [4.69, 9.17) is 11.6 Å². The van der Waals surface area contributed by atoms with Crippen molar-refractivity contribution in [2.75, 3.05) is 11.4 Å². The molecule has 1 amide bonds. The van der Waals surface area contributed by atoms with Crippen LogP contribution in [-0.2, 0) is 9.59 Å². The van der Waals surface area contributed by atoms with Crippen molar-refractivity contribution in [1.29, 1.82) is 0 Å². The van der Waals surface area contributed by atoms with Crippen LogP contribution in [0.1, 0.15) is 6.42 Å². The van der Waals surface area contributed by atoms with Crippen LogP contribution in [0.4, 0.5) is 5.13 Å². The number of rotatable bonds is 1. The van der Waals surface area contributed by atoms with Gasteiger partial charge in [0.05, 0.1) is 13.0 Å². The van der Waals surface area contributed by atoms with Crippen molar-refractivity contribution >= 4 is 39.8 Å².